The van der Waals surface area contributed by atoms with Crippen molar-refractivity contribution < 1.29 is 14.3 Å². The number of nitrogens with one attached hydrogen (secondary N) is 2. The summed E-state index contributed by atoms with van der Waals surface area (Å²) in [6, 6.07) is 15.2. The third-order valence-corrected chi connectivity index (χ3v) is 5.68. The fourth-order valence-corrected chi connectivity index (χ4v) is 3.80. The number of nitrogens with zero attached hydrogens (tertiary/aromatic N) is 2. The Bertz CT molecular complexity index is 898. The summed E-state index contributed by atoms with van der Waals surface area (Å²) >= 11 is 0. The van der Waals surface area contributed by atoms with Crippen molar-refractivity contribution in [2.75, 3.05) is 38.1 Å². The maximum atomic E-state index is 12.5. The quantitative estimate of drug-likeness (QED) is 0.559. The molecule has 32 heavy (non-hydrogen) atoms. The van der Waals surface area contributed by atoms with Crippen LogP contribution in [0, 0.1) is 0 Å². The van der Waals surface area contributed by atoms with Crippen molar-refractivity contribution in [3.05, 3.63) is 59.7 Å². The number of hydrogen-bond donors (Lipinski definition) is 2. The fraction of sp³-hybridized carbons (Fsp3) is 0.440. The van der Waals surface area contributed by atoms with E-state index in [1.54, 1.807) is 0 Å². The second kappa shape index (κ2) is 12.1. The van der Waals surface area contributed by atoms with Gasteiger partial charge in [0.2, 0.25) is 5.91 Å². The first-order valence-electron chi connectivity index (χ1n) is 11.4. The number of para-hydroxylation sites is 2. The number of benzene rings is 2. The van der Waals surface area contributed by atoms with Crippen LogP contribution in [0.5, 0.6) is 5.75 Å². The summed E-state index contributed by atoms with van der Waals surface area (Å²) in [6.07, 6.45) is 1.57. The summed E-state index contributed by atoms with van der Waals surface area (Å²) in [6.45, 7) is 9.47. The molecule has 1 aliphatic heterocycles. The van der Waals surface area contributed by atoms with Gasteiger partial charge in [-0.1, -0.05) is 50.2 Å². The predicted octanol–water partition coefficient (Wildman–Crippen LogP) is 3.85. The number of carbonyl (C=O) groups is 2. The number of amides is 3. The van der Waals surface area contributed by atoms with Gasteiger partial charge in [-0.15, -0.1) is 0 Å². The van der Waals surface area contributed by atoms with E-state index in [0.29, 0.717) is 37.6 Å². The van der Waals surface area contributed by atoms with Crippen molar-refractivity contribution >= 4 is 17.6 Å². The number of rotatable bonds is 11. The van der Waals surface area contributed by atoms with E-state index in [1.807, 2.05) is 53.4 Å². The van der Waals surface area contributed by atoms with E-state index in [4.69, 9.17) is 4.74 Å². The highest BCUT2D eigenvalue weighted by molar-refractivity contribution is 5.90. The Morgan fingerprint density at radius 2 is 1.88 bits per heavy atom. The molecule has 0 radical (unpaired) electrons. The monoisotopic (exact) mass is 438 g/mol. The minimum Gasteiger partial charge on any atom is -0.490 e. The normalized spacial score (nSPS) is 13.5. The summed E-state index contributed by atoms with van der Waals surface area (Å²) in [5, 5.41) is 5.79. The highest BCUT2D eigenvalue weighted by Crippen LogP contribution is 2.23. The Hall–Kier alpha value is -3.06. The second-order valence-electron chi connectivity index (χ2n) is 7.92. The summed E-state index contributed by atoms with van der Waals surface area (Å²) in [5.41, 5.74) is 2.71. The minimum absolute atomic E-state index is 0.214. The molecule has 0 saturated carbocycles. The zero-order valence-corrected chi connectivity index (χ0v) is 19.1. The second-order valence-corrected chi connectivity index (χ2v) is 7.92. The van der Waals surface area contributed by atoms with Gasteiger partial charge in [0.15, 0.2) is 0 Å². The molecule has 2 aromatic carbocycles. The Morgan fingerprint density at radius 3 is 2.62 bits per heavy atom. The van der Waals surface area contributed by atoms with Crippen LogP contribution in [0.25, 0.3) is 0 Å². The van der Waals surface area contributed by atoms with E-state index in [1.165, 1.54) is 0 Å². The third kappa shape index (κ3) is 6.99. The molecule has 0 bridgehead atoms. The van der Waals surface area contributed by atoms with E-state index in [0.717, 1.165) is 43.7 Å². The molecule has 1 fully saturated rings. The van der Waals surface area contributed by atoms with Crippen LogP contribution in [0.2, 0.25) is 0 Å². The van der Waals surface area contributed by atoms with E-state index in [9.17, 15) is 9.59 Å². The summed E-state index contributed by atoms with van der Waals surface area (Å²) in [7, 11) is 0. The largest absolute Gasteiger partial charge is 0.490 e. The highest BCUT2D eigenvalue weighted by atomic mass is 16.5. The van der Waals surface area contributed by atoms with Gasteiger partial charge in [-0.25, -0.2) is 4.79 Å². The van der Waals surface area contributed by atoms with Crippen LogP contribution in [0.15, 0.2) is 48.5 Å². The number of likely N-dealkylation sites (N-methyl/N-ethyl adjacent to an activating group) is 1. The first-order chi connectivity index (χ1) is 15.6. The number of urea groups is 1. The molecule has 0 unspecified atom stereocenters. The van der Waals surface area contributed by atoms with Crippen LogP contribution < -0.4 is 15.4 Å². The standard InChI is InChI=1S/C25H34N4O3/c1-3-28(4-2)15-16-32-23-12-6-5-11-22(23)27-25(31)26-18-20-9-7-10-21(17-20)19-29-14-8-13-24(29)30/h5-7,9-12,17H,3-4,8,13-16,18-19H2,1-2H3,(H2,26,27,31). The van der Waals surface area contributed by atoms with Gasteiger partial charge in [0, 0.05) is 32.6 Å². The molecular formula is C25H34N4O3. The third-order valence-electron chi connectivity index (χ3n) is 5.68. The molecule has 3 amide bonds. The van der Waals surface area contributed by atoms with Crippen LogP contribution >= 0.6 is 0 Å². The molecule has 0 spiro atoms. The molecule has 7 heteroatoms. The lowest BCUT2D eigenvalue weighted by Crippen LogP contribution is -2.29. The molecule has 172 valence electrons. The zero-order chi connectivity index (χ0) is 22.8. The topological polar surface area (TPSA) is 73.9 Å². The van der Waals surface area contributed by atoms with Crippen LogP contribution in [-0.2, 0) is 17.9 Å². The van der Waals surface area contributed by atoms with Gasteiger partial charge in [0.05, 0.1) is 5.69 Å². The summed E-state index contributed by atoms with van der Waals surface area (Å²) in [4.78, 5) is 28.5. The lowest BCUT2D eigenvalue weighted by atomic mass is 10.1. The van der Waals surface area contributed by atoms with Crippen LogP contribution in [0.1, 0.15) is 37.8 Å². The minimum atomic E-state index is -0.287. The number of likely N-dealkylation sites (tertiary alicyclic amines) is 1. The lowest BCUT2D eigenvalue weighted by Gasteiger charge is -2.19. The fourth-order valence-electron chi connectivity index (χ4n) is 3.80. The van der Waals surface area contributed by atoms with Gasteiger partial charge < -0.3 is 25.2 Å². The molecule has 1 aliphatic rings. The predicted molar refractivity (Wildman–Crippen MR) is 127 cm³/mol. The molecule has 0 aliphatic carbocycles. The van der Waals surface area contributed by atoms with Crippen molar-refractivity contribution in [3.8, 4) is 5.75 Å². The van der Waals surface area contributed by atoms with Gasteiger partial charge in [-0.05, 0) is 42.8 Å². The van der Waals surface area contributed by atoms with Crippen molar-refractivity contribution in [1.29, 1.82) is 0 Å². The average Bonchev–Trinajstić information content (AvgIpc) is 3.21. The summed E-state index contributed by atoms with van der Waals surface area (Å²) < 4.78 is 5.91. The van der Waals surface area contributed by atoms with Crippen LogP contribution in [0.3, 0.4) is 0 Å². The molecule has 2 N–H and O–H groups in total. The molecular weight excluding hydrogens is 404 g/mol. The average molecular weight is 439 g/mol. The Balaban J connectivity index is 1.50. The zero-order valence-electron chi connectivity index (χ0n) is 19.1. The molecule has 3 rings (SSSR count). The molecule has 7 nitrogen and oxygen atoms in total. The van der Waals surface area contributed by atoms with E-state index in [-0.39, 0.29) is 11.9 Å². The molecule has 0 aromatic heterocycles. The van der Waals surface area contributed by atoms with E-state index < -0.39 is 0 Å². The van der Waals surface area contributed by atoms with Crippen LogP contribution in [0.4, 0.5) is 10.5 Å². The summed E-state index contributed by atoms with van der Waals surface area (Å²) in [5.74, 6) is 0.873. The number of ether oxygens (including phenoxy) is 1. The first-order valence-corrected chi connectivity index (χ1v) is 11.4. The van der Waals surface area contributed by atoms with Gasteiger partial charge in [0.25, 0.3) is 0 Å². The molecule has 1 saturated heterocycles. The number of anilines is 1. The molecule has 2 aromatic rings. The number of hydrogen-bond acceptors (Lipinski definition) is 4. The maximum Gasteiger partial charge on any atom is 0.319 e. The Morgan fingerprint density at radius 1 is 1.09 bits per heavy atom. The Labute approximate surface area is 190 Å². The SMILES string of the molecule is CCN(CC)CCOc1ccccc1NC(=O)NCc1cccc(CN2CCCC2=O)c1. The van der Waals surface area contributed by atoms with E-state index >= 15 is 0 Å². The first kappa shape index (κ1) is 23.6. The van der Waals surface area contributed by atoms with Gasteiger partial charge in [-0.3, -0.25) is 4.79 Å². The van der Waals surface area contributed by atoms with Gasteiger partial charge in [-0.2, -0.15) is 0 Å². The van der Waals surface area contributed by atoms with Crippen molar-refractivity contribution in [3.63, 3.8) is 0 Å². The Kier molecular flexibility index (Phi) is 8.92. The van der Waals surface area contributed by atoms with Crippen molar-refractivity contribution in [2.45, 2.75) is 39.8 Å². The van der Waals surface area contributed by atoms with Crippen LogP contribution in [-0.4, -0.2) is 54.5 Å². The molecule has 1 heterocycles. The highest BCUT2D eigenvalue weighted by Gasteiger charge is 2.20. The van der Waals surface area contributed by atoms with Gasteiger partial charge in [0.1, 0.15) is 12.4 Å². The maximum absolute atomic E-state index is 12.5. The molecule has 0 atom stereocenters. The lowest BCUT2D eigenvalue weighted by molar-refractivity contribution is -0.128. The smallest absolute Gasteiger partial charge is 0.319 e. The van der Waals surface area contributed by atoms with Gasteiger partial charge >= 0.3 is 6.03 Å². The van der Waals surface area contributed by atoms with E-state index in [2.05, 4.69) is 29.4 Å². The van der Waals surface area contributed by atoms with Crippen molar-refractivity contribution in [1.82, 2.24) is 15.1 Å². The van der Waals surface area contributed by atoms with Crippen molar-refractivity contribution in [2.24, 2.45) is 0 Å². The number of carbonyl (C=O) groups excluding carboxylic acids is 2.